The molecule has 4 heterocycles. The van der Waals surface area contributed by atoms with E-state index in [0.29, 0.717) is 42.2 Å². The number of piperidine rings is 1. The van der Waals surface area contributed by atoms with Crippen LogP contribution in [-0.2, 0) is 14.4 Å². The number of nitrogens with zero attached hydrogens (tertiary/aromatic N) is 5. The molecule has 2 aromatic carbocycles. The average molecular weight is 786 g/mol. The van der Waals surface area contributed by atoms with Crippen molar-refractivity contribution >= 4 is 40.4 Å². The summed E-state index contributed by atoms with van der Waals surface area (Å²) in [4.78, 5) is 50.7. The number of nitrogen functional groups attached to an aromatic ring is 1. The normalized spacial score (nSPS) is 18.8. The number of nitrogens with one attached hydrogen (secondary N) is 1. The van der Waals surface area contributed by atoms with E-state index in [1.807, 2.05) is 64.4 Å². The number of rotatable bonds is 12. The zero-order valence-electron chi connectivity index (χ0n) is 32.9. The van der Waals surface area contributed by atoms with E-state index in [9.17, 15) is 23.9 Å². The number of hydrogen-bond acceptors (Lipinski definition) is 11. The smallest absolute Gasteiger partial charge is 0.243 e. The standard InChI is InChI=1S/C42H52FN7O5S/c1-24(27-7-9-28(10-8-27)38-25(2)45-23-56-38)46-40(53)36-20-31(52)22-50(36)41(54)33(42(3,4)5)19-30(51)17-26-13-15-49(16-14-26)35-21-34(47-48-39(35)44)32-18-29(43)11-12-37(32)55-6/h7-12,18,21,23-24,26,31,33,36,52H,13-17,19-20,22H2,1-6H3,(H2,44,48)(H,46,53)/t24-,31+,33+,36-/m0/s1. The molecule has 2 aliphatic rings. The van der Waals surface area contributed by atoms with Gasteiger partial charge in [0.05, 0.1) is 46.7 Å². The van der Waals surface area contributed by atoms with Gasteiger partial charge in [0, 0.05) is 50.4 Å². The molecule has 0 saturated carbocycles. The molecule has 0 spiro atoms. The highest BCUT2D eigenvalue weighted by atomic mass is 32.1. The number of benzene rings is 2. The van der Waals surface area contributed by atoms with Gasteiger partial charge in [0.15, 0.2) is 5.82 Å². The van der Waals surface area contributed by atoms with Crippen LogP contribution in [0.1, 0.15) is 77.1 Å². The Kier molecular flexibility index (Phi) is 12.4. The van der Waals surface area contributed by atoms with Crippen LogP contribution in [0.4, 0.5) is 15.9 Å². The van der Waals surface area contributed by atoms with Crippen molar-refractivity contribution in [1.82, 2.24) is 25.4 Å². The molecule has 0 aliphatic carbocycles. The van der Waals surface area contributed by atoms with Crippen molar-refractivity contribution < 1.29 is 28.6 Å². The molecular formula is C42H52FN7O5S. The summed E-state index contributed by atoms with van der Waals surface area (Å²) < 4.78 is 19.5. The third-order valence-corrected chi connectivity index (χ3v) is 12.1. The first-order chi connectivity index (χ1) is 26.6. The van der Waals surface area contributed by atoms with E-state index in [4.69, 9.17) is 10.5 Å². The second-order valence-electron chi connectivity index (χ2n) is 16.2. The van der Waals surface area contributed by atoms with Gasteiger partial charge in [-0.05, 0) is 73.4 Å². The van der Waals surface area contributed by atoms with Crippen LogP contribution >= 0.6 is 11.3 Å². The van der Waals surface area contributed by atoms with Crippen molar-refractivity contribution in [3.8, 4) is 27.4 Å². The molecule has 0 radical (unpaired) electrons. The van der Waals surface area contributed by atoms with E-state index in [0.717, 1.165) is 34.5 Å². The van der Waals surface area contributed by atoms with Crippen molar-refractivity contribution in [1.29, 1.82) is 0 Å². The van der Waals surface area contributed by atoms with Gasteiger partial charge in [-0.25, -0.2) is 9.37 Å². The fraction of sp³-hybridized carbons (Fsp3) is 0.476. The van der Waals surface area contributed by atoms with Crippen molar-refractivity contribution in [3.63, 3.8) is 0 Å². The topological polar surface area (TPSA) is 164 Å². The van der Waals surface area contributed by atoms with E-state index in [1.165, 1.54) is 24.1 Å². The maximum atomic E-state index is 14.3. The Morgan fingerprint density at radius 3 is 2.45 bits per heavy atom. The van der Waals surface area contributed by atoms with Gasteiger partial charge in [0.25, 0.3) is 0 Å². The first kappa shape index (κ1) is 40.7. The Morgan fingerprint density at radius 1 is 1.09 bits per heavy atom. The van der Waals surface area contributed by atoms with Crippen LogP contribution in [0.25, 0.3) is 21.7 Å². The Hall–Kier alpha value is -4.95. The highest BCUT2D eigenvalue weighted by Crippen LogP contribution is 2.37. The SMILES string of the molecule is COc1ccc(F)cc1-c1cc(N2CCC(CC(=O)C[C@H](C(=O)N3C[C@H](O)C[C@H]3C(=O)N[C@@H](C)c3ccc(-c4scnc4C)cc3)C(C)(C)C)CC2)c(N)nn1. The molecule has 12 nitrogen and oxygen atoms in total. The Morgan fingerprint density at radius 2 is 1.80 bits per heavy atom. The Balaban J connectivity index is 1.06. The van der Waals surface area contributed by atoms with Gasteiger partial charge in [0.2, 0.25) is 11.8 Å². The molecule has 2 fully saturated rings. The number of β-amino-alcohol motifs (C(OH)–C–C–N with tert-alkyl or cyclic N) is 1. The number of aliphatic hydroxyl groups excluding tert-OH is 1. The van der Waals surface area contributed by atoms with E-state index < -0.39 is 29.3 Å². The number of halogens is 1. The molecule has 2 saturated heterocycles. The summed E-state index contributed by atoms with van der Waals surface area (Å²) in [6.07, 6.45) is 1.12. The number of carbonyl (C=O) groups excluding carboxylic acids is 3. The first-order valence-corrected chi connectivity index (χ1v) is 20.0. The van der Waals surface area contributed by atoms with Gasteiger partial charge < -0.3 is 30.7 Å². The molecule has 56 heavy (non-hydrogen) atoms. The van der Waals surface area contributed by atoms with E-state index in [-0.39, 0.29) is 54.8 Å². The van der Waals surface area contributed by atoms with Gasteiger partial charge in [-0.1, -0.05) is 45.0 Å². The molecule has 6 rings (SSSR count). The van der Waals surface area contributed by atoms with Crippen molar-refractivity contribution in [2.45, 2.75) is 84.9 Å². The van der Waals surface area contributed by atoms with E-state index in [2.05, 4.69) is 25.4 Å². The van der Waals surface area contributed by atoms with Crippen LogP contribution in [0.5, 0.6) is 5.75 Å². The van der Waals surface area contributed by atoms with Crippen LogP contribution < -0.4 is 20.7 Å². The third kappa shape index (κ3) is 9.18. The predicted molar refractivity (Wildman–Crippen MR) is 215 cm³/mol. The lowest BCUT2D eigenvalue weighted by Crippen LogP contribution is -2.50. The first-order valence-electron chi connectivity index (χ1n) is 19.2. The Labute approximate surface area is 331 Å². The van der Waals surface area contributed by atoms with Crippen molar-refractivity contribution in [3.05, 3.63) is 71.1 Å². The summed E-state index contributed by atoms with van der Waals surface area (Å²) in [6, 6.07) is 12.8. The predicted octanol–water partition coefficient (Wildman–Crippen LogP) is 6.37. The van der Waals surface area contributed by atoms with Gasteiger partial charge in [0.1, 0.15) is 23.4 Å². The van der Waals surface area contributed by atoms with E-state index in [1.54, 1.807) is 23.5 Å². The largest absolute Gasteiger partial charge is 0.496 e. The Bertz CT molecular complexity index is 2040. The van der Waals surface area contributed by atoms with Gasteiger partial charge >= 0.3 is 0 Å². The van der Waals surface area contributed by atoms with Crippen LogP contribution in [0, 0.1) is 30.0 Å². The fourth-order valence-corrected chi connectivity index (χ4v) is 8.64. The molecule has 4 N–H and O–H groups in total. The highest BCUT2D eigenvalue weighted by molar-refractivity contribution is 7.13. The number of Topliss-reactive ketones (excluding diaryl/α,β-unsaturated/α-hetero) is 1. The number of thiazole rings is 1. The second-order valence-corrected chi connectivity index (χ2v) is 17.0. The number of ether oxygens (including phenoxy) is 1. The summed E-state index contributed by atoms with van der Waals surface area (Å²) in [5.74, 6) is -0.878. The number of aliphatic hydroxyl groups is 1. The number of ketones is 1. The molecule has 0 bridgehead atoms. The molecule has 4 aromatic rings. The summed E-state index contributed by atoms with van der Waals surface area (Å²) in [5, 5.41) is 22.1. The number of carbonyl (C=O) groups is 3. The van der Waals surface area contributed by atoms with Crippen LogP contribution in [-0.4, -0.2) is 81.7 Å². The summed E-state index contributed by atoms with van der Waals surface area (Å²) in [6.45, 7) is 11.0. The monoisotopic (exact) mass is 785 g/mol. The molecular weight excluding hydrogens is 734 g/mol. The minimum absolute atomic E-state index is 0.00589. The lowest BCUT2D eigenvalue weighted by Gasteiger charge is -2.36. The third-order valence-electron chi connectivity index (χ3n) is 11.1. The summed E-state index contributed by atoms with van der Waals surface area (Å²) >= 11 is 1.58. The van der Waals surface area contributed by atoms with Crippen LogP contribution in [0.15, 0.2) is 54.0 Å². The minimum Gasteiger partial charge on any atom is -0.496 e. The lowest BCUT2D eigenvalue weighted by molar-refractivity contribution is -0.146. The summed E-state index contributed by atoms with van der Waals surface area (Å²) in [7, 11) is 1.51. The van der Waals surface area contributed by atoms with Crippen LogP contribution in [0.3, 0.4) is 0 Å². The van der Waals surface area contributed by atoms with Crippen molar-refractivity contribution in [2.24, 2.45) is 17.3 Å². The second kappa shape index (κ2) is 17.0. The number of nitrogens with two attached hydrogens (primary N) is 1. The molecule has 2 aromatic heterocycles. The van der Waals surface area contributed by atoms with E-state index >= 15 is 0 Å². The number of likely N-dealkylation sites (tertiary alicyclic amines) is 1. The lowest BCUT2D eigenvalue weighted by atomic mass is 9.75. The zero-order valence-corrected chi connectivity index (χ0v) is 33.7. The zero-order chi connectivity index (χ0) is 40.3. The molecule has 2 amide bonds. The van der Waals surface area contributed by atoms with Gasteiger partial charge in [-0.2, -0.15) is 0 Å². The molecule has 14 heteroatoms. The maximum absolute atomic E-state index is 14.3. The number of hydrogen-bond donors (Lipinski definition) is 3. The van der Waals surface area contributed by atoms with Crippen LogP contribution in [0.2, 0.25) is 0 Å². The number of methoxy groups -OCH3 is 1. The number of anilines is 2. The quantitative estimate of drug-likeness (QED) is 0.147. The molecule has 2 aliphatic heterocycles. The number of amides is 2. The molecule has 298 valence electrons. The number of aryl methyl sites for hydroxylation is 1. The van der Waals surface area contributed by atoms with Crippen molar-refractivity contribution in [2.75, 3.05) is 37.4 Å². The van der Waals surface area contributed by atoms with Gasteiger partial charge in [-0.3, -0.25) is 14.4 Å². The summed E-state index contributed by atoms with van der Waals surface area (Å²) in [5.41, 5.74) is 12.0. The fourth-order valence-electron chi connectivity index (χ4n) is 7.83. The maximum Gasteiger partial charge on any atom is 0.243 e. The average Bonchev–Trinajstić information content (AvgIpc) is 3.79. The minimum atomic E-state index is -0.846. The molecule has 0 unspecified atom stereocenters. The number of aromatic nitrogens is 3. The highest BCUT2D eigenvalue weighted by Gasteiger charge is 2.45. The molecule has 4 atom stereocenters. The van der Waals surface area contributed by atoms with Gasteiger partial charge in [-0.15, -0.1) is 21.5 Å².